The third-order valence-electron chi connectivity index (χ3n) is 5.28. The van der Waals surface area contributed by atoms with Gasteiger partial charge in [-0.3, -0.25) is 4.68 Å². The number of nitrogens with zero attached hydrogens (tertiary/aromatic N) is 4. The van der Waals surface area contributed by atoms with E-state index < -0.39 is 0 Å². The molecule has 0 radical (unpaired) electrons. The third-order valence-corrected chi connectivity index (χ3v) is 5.28. The van der Waals surface area contributed by atoms with Gasteiger partial charge in [0.25, 0.3) is 0 Å². The maximum Gasteiger partial charge on any atom is 0.321 e. The first kappa shape index (κ1) is 17.6. The number of carbonyl (C=O) groups is 1. The monoisotopic (exact) mass is 367 g/mol. The van der Waals surface area contributed by atoms with E-state index >= 15 is 0 Å². The molecule has 7 nitrogen and oxygen atoms in total. The van der Waals surface area contributed by atoms with Crippen molar-refractivity contribution in [1.82, 2.24) is 19.7 Å². The summed E-state index contributed by atoms with van der Waals surface area (Å²) in [5.41, 5.74) is 4.30. The van der Waals surface area contributed by atoms with Gasteiger partial charge in [-0.2, -0.15) is 5.10 Å². The van der Waals surface area contributed by atoms with Crippen LogP contribution in [-0.2, 0) is 6.54 Å². The van der Waals surface area contributed by atoms with Crippen molar-refractivity contribution in [2.45, 2.75) is 46.1 Å². The Bertz CT molecular complexity index is 941. The number of hydrogen-bond donors (Lipinski definition) is 1. The van der Waals surface area contributed by atoms with Crippen molar-refractivity contribution in [3.05, 3.63) is 41.5 Å². The van der Waals surface area contributed by atoms with Gasteiger partial charge in [-0.05, 0) is 45.7 Å². The Morgan fingerprint density at radius 1 is 1.33 bits per heavy atom. The van der Waals surface area contributed by atoms with Gasteiger partial charge in [0, 0.05) is 19.6 Å². The fourth-order valence-electron chi connectivity index (χ4n) is 3.80. The zero-order chi connectivity index (χ0) is 19.0. The summed E-state index contributed by atoms with van der Waals surface area (Å²) in [6.45, 7) is 8.08. The van der Waals surface area contributed by atoms with Gasteiger partial charge in [-0.15, -0.1) is 0 Å². The molecule has 1 unspecified atom stereocenters. The molecule has 2 amide bonds. The van der Waals surface area contributed by atoms with Crippen LogP contribution in [0.3, 0.4) is 0 Å². The second-order valence-corrected chi connectivity index (χ2v) is 7.10. The van der Waals surface area contributed by atoms with E-state index in [0.717, 1.165) is 60.0 Å². The summed E-state index contributed by atoms with van der Waals surface area (Å²) in [6.07, 6.45) is 1.91. The lowest BCUT2D eigenvalue weighted by Crippen LogP contribution is -2.41. The summed E-state index contributed by atoms with van der Waals surface area (Å²) >= 11 is 0. The Morgan fingerprint density at radius 3 is 2.89 bits per heavy atom. The molecule has 2 aromatic heterocycles. The Kier molecular flexibility index (Phi) is 4.59. The van der Waals surface area contributed by atoms with E-state index in [9.17, 15) is 4.79 Å². The van der Waals surface area contributed by atoms with Gasteiger partial charge < -0.3 is 14.6 Å². The zero-order valence-electron chi connectivity index (χ0n) is 16.0. The predicted molar refractivity (Wildman–Crippen MR) is 104 cm³/mol. The van der Waals surface area contributed by atoms with Crippen molar-refractivity contribution < 1.29 is 9.21 Å². The topological polar surface area (TPSA) is 76.2 Å². The number of likely N-dealkylation sites (tertiary alicyclic amines) is 1. The lowest BCUT2D eigenvalue weighted by atomic mass is 9.98. The van der Waals surface area contributed by atoms with Crippen molar-refractivity contribution in [2.24, 2.45) is 0 Å². The van der Waals surface area contributed by atoms with Crippen molar-refractivity contribution >= 4 is 22.8 Å². The molecular weight excluding hydrogens is 342 g/mol. The molecule has 1 aliphatic heterocycles. The summed E-state index contributed by atoms with van der Waals surface area (Å²) in [7, 11) is 0. The average molecular weight is 367 g/mol. The first-order valence-corrected chi connectivity index (χ1v) is 9.52. The average Bonchev–Trinajstić information content (AvgIpc) is 3.24. The van der Waals surface area contributed by atoms with Crippen LogP contribution in [0.4, 0.5) is 10.5 Å². The highest BCUT2D eigenvalue weighted by Gasteiger charge is 2.29. The Hall–Kier alpha value is -2.83. The number of amides is 2. The molecule has 4 rings (SSSR count). The number of rotatable bonds is 3. The molecule has 1 saturated heterocycles. The van der Waals surface area contributed by atoms with E-state index in [4.69, 9.17) is 4.42 Å². The smallest absolute Gasteiger partial charge is 0.321 e. The normalized spacial score (nSPS) is 17.4. The minimum Gasteiger partial charge on any atom is -0.440 e. The van der Waals surface area contributed by atoms with Gasteiger partial charge in [0.15, 0.2) is 11.5 Å². The molecule has 0 aliphatic carbocycles. The van der Waals surface area contributed by atoms with Crippen LogP contribution in [-0.4, -0.2) is 38.8 Å². The van der Waals surface area contributed by atoms with Crippen LogP contribution in [0.15, 0.2) is 28.7 Å². The fourth-order valence-corrected chi connectivity index (χ4v) is 3.80. The first-order chi connectivity index (χ1) is 13.1. The zero-order valence-corrected chi connectivity index (χ0v) is 16.0. The van der Waals surface area contributed by atoms with Crippen LogP contribution in [0.1, 0.15) is 43.0 Å². The second kappa shape index (κ2) is 7.06. The van der Waals surface area contributed by atoms with E-state index in [-0.39, 0.29) is 11.9 Å². The molecular formula is C20H25N5O2. The fraction of sp³-hybridized carbons (Fsp3) is 0.450. The van der Waals surface area contributed by atoms with Gasteiger partial charge >= 0.3 is 6.03 Å². The van der Waals surface area contributed by atoms with Crippen LogP contribution in [0.25, 0.3) is 11.1 Å². The SMILES string of the molecule is CCn1nc(C)c(NC(=O)N2CCCC(c3nc4ccccc4o3)C2)c1C. The van der Waals surface area contributed by atoms with Gasteiger partial charge in [-0.1, -0.05) is 12.1 Å². The minimum atomic E-state index is -0.0855. The molecule has 7 heteroatoms. The molecule has 142 valence electrons. The van der Waals surface area contributed by atoms with E-state index in [2.05, 4.69) is 15.4 Å². The maximum absolute atomic E-state index is 12.8. The van der Waals surface area contributed by atoms with Gasteiger partial charge in [0.2, 0.25) is 0 Å². The molecule has 1 aromatic carbocycles. The largest absolute Gasteiger partial charge is 0.440 e. The highest BCUT2D eigenvalue weighted by atomic mass is 16.3. The minimum absolute atomic E-state index is 0.0855. The lowest BCUT2D eigenvalue weighted by molar-refractivity contribution is 0.187. The number of piperidine rings is 1. The lowest BCUT2D eigenvalue weighted by Gasteiger charge is -2.31. The number of hydrogen-bond acceptors (Lipinski definition) is 4. The quantitative estimate of drug-likeness (QED) is 0.757. The highest BCUT2D eigenvalue weighted by molar-refractivity contribution is 5.90. The number of benzene rings is 1. The number of fused-ring (bicyclic) bond motifs is 1. The standard InChI is InChI=1S/C20H25N5O2/c1-4-25-14(3)18(13(2)23-25)22-20(26)24-11-7-8-15(12-24)19-21-16-9-5-6-10-17(16)27-19/h5-6,9-10,15H,4,7-8,11-12H2,1-3H3,(H,22,26). The molecule has 1 aliphatic rings. The van der Waals surface area contributed by atoms with E-state index in [1.807, 2.05) is 54.6 Å². The van der Waals surface area contributed by atoms with Crippen LogP contribution >= 0.6 is 0 Å². The molecule has 1 N–H and O–H groups in total. The summed E-state index contributed by atoms with van der Waals surface area (Å²) in [6, 6.07) is 7.69. The predicted octanol–water partition coefficient (Wildman–Crippen LogP) is 4.07. The van der Waals surface area contributed by atoms with Crippen molar-refractivity contribution in [3.63, 3.8) is 0 Å². The molecule has 27 heavy (non-hydrogen) atoms. The van der Waals surface area contributed by atoms with Gasteiger partial charge in [0.05, 0.1) is 23.0 Å². The third kappa shape index (κ3) is 3.29. The summed E-state index contributed by atoms with van der Waals surface area (Å²) in [5, 5.41) is 7.53. The number of oxazole rings is 1. The number of nitrogens with one attached hydrogen (secondary N) is 1. The van der Waals surface area contributed by atoms with Gasteiger partial charge in [-0.25, -0.2) is 9.78 Å². The molecule has 1 atom stereocenters. The summed E-state index contributed by atoms with van der Waals surface area (Å²) in [4.78, 5) is 19.3. The van der Waals surface area contributed by atoms with Crippen molar-refractivity contribution in [1.29, 1.82) is 0 Å². The molecule has 3 heterocycles. The number of aryl methyl sites for hydroxylation is 2. The van der Waals surface area contributed by atoms with Gasteiger partial charge in [0.1, 0.15) is 5.52 Å². The Balaban J connectivity index is 1.49. The second-order valence-electron chi connectivity index (χ2n) is 7.10. The molecule has 0 spiro atoms. The summed E-state index contributed by atoms with van der Waals surface area (Å²) in [5.74, 6) is 0.845. The molecule has 1 fully saturated rings. The number of urea groups is 1. The van der Waals surface area contributed by atoms with Crippen molar-refractivity contribution in [2.75, 3.05) is 18.4 Å². The maximum atomic E-state index is 12.8. The van der Waals surface area contributed by atoms with E-state index in [0.29, 0.717) is 6.54 Å². The number of para-hydroxylation sites is 2. The van der Waals surface area contributed by atoms with Crippen LogP contribution in [0.2, 0.25) is 0 Å². The van der Waals surface area contributed by atoms with E-state index in [1.165, 1.54) is 0 Å². The van der Waals surface area contributed by atoms with Crippen LogP contribution in [0, 0.1) is 13.8 Å². The highest BCUT2D eigenvalue weighted by Crippen LogP contribution is 2.29. The summed E-state index contributed by atoms with van der Waals surface area (Å²) < 4.78 is 7.83. The Morgan fingerprint density at radius 2 is 2.15 bits per heavy atom. The van der Waals surface area contributed by atoms with Crippen molar-refractivity contribution in [3.8, 4) is 0 Å². The number of anilines is 1. The molecule has 3 aromatic rings. The first-order valence-electron chi connectivity index (χ1n) is 9.52. The number of carbonyl (C=O) groups excluding carboxylic acids is 1. The van der Waals surface area contributed by atoms with Crippen LogP contribution in [0.5, 0.6) is 0 Å². The molecule has 0 saturated carbocycles. The van der Waals surface area contributed by atoms with Crippen LogP contribution < -0.4 is 5.32 Å². The number of aromatic nitrogens is 3. The molecule has 0 bridgehead atoms. The van der Waals surface area contributed by atoms with E-state index in [1.54, 1.807) is 0 Å². The Labute approximate surface area is 158 Å².